The zero-order valence-electron chi connectivity index (χ0n) is 14.2. The van der Waals surface area contributed by atoms with Crippen molar-refractivity contribution < 1.29 is 8.42 Å². The highest BCUT2D eigenvalue weighted by Gasteiger charge is 2.29. The van der Waals surface area contributed by atoms with Crippen LogP contribution in [0.4, 0.5) is 5.82 Å². The molecule has 0 radical (unpaired) electrons. The number of fused-ring (bicyclic) bond motifs is 1. The van der Waals surface area contributed by atoms with Gasteiger partial charge in [-0.15, -0.1) is 5.10 Å². The molecule has 8 heteroatoms. The van der Waals surface area contributed by atoms with E-state index in [1.165, 1.54) is 0 Å². The monoisotopic (exact) mass is 359 g/mol. The van der Waals surface area contributed by atoms with Gasteiger partial charge in [-0.05, 0) is 44.5 Å². The summed E-state index contributed by atoms with van der Waals surface area (Å²) in [6.45, 7) is 2.40. The summed E-state index contributed by atoms with van der Waals surface area (Å²) in [6.07, 6.45) is 1.49. The number of benzene rings is 1. The Morgan fingerprint density at radius 2 is 1.96 bits per heavy atom. The average molecular weight is 359 g/mol. The lowest BCUT2D eigenvalue weighted by atomic mass is 10.2. The molecule has 0 aliphatic heterocycles. The van der Waals surface area contributed by atoms with Gasteiger partial charge in [-0.1, -0.05) is 18.2 Å². The molecule has 0 saturated heterocycles. The summed E-state index contributed by atoms with van der Waals surface area (Å²) in [4.78, 5) is 4.77. The first-order chi connectivity index (χ1) is 12.0. The van der Waals surface area contributed by atoms with Crippen LogP contribution in [0, 0.1) is 6.92 Å². The first-order valence-electron chi connectivity index (χ1n) is 8.06. The minimum absolute atomic E-state index is 0.0962. The molecule has 0 aliphatic rings. The van der Waals surface area contributed by atoms with Gasteiger partial charge in [0.1, 0.15) is 0 Å². The largest absolute Gasteiger partial charge is 0.370 e. The van der Waals surface area contributed by atoms with Crippen molar-refractivity contribution in [3.8, 4) is 0 Å². The van der Waals surface area contributed by atoms with E-state index in [0.717, 1.165) is 17.8 Å². The molecule has 3 rings (SSSR count). The lowest BCUT2D eigenvalue weighted by Crippen LogP contribution is -2.08. The molecule has 0 unspecified atom stereocenters. The molecular formula is C17H21N5O2S. The van der Waals surface area contributed by atoms with Gasteiger partial charge in [-0.25, -0.2) is 17.9 Å². The lowest BCUT2D eigenvalue weighted by Gasteiger charge is -2.07. The molecule has 1 aromatic carbocycles. The van der Waals surface area contributed by atoms with Crippen LogP contribution in [-0.2, 0) is 16.3 Å². The van der Waals surface area contributed by atoms with Crippen LogP contribution in [0.5, 0.6) is 0 Å². The Labute approximate surface area is 146 Å². The van der Waals surface area contributed by atoms with E-state index >= 15 is 0 Å². The number of sulfone groups is 1. The molecule has 132 valence electrons. The fourth-order valence-corrected chi connectivity index (χ4v) is 4.31. The number of hydrogen-bond donors (Lipinski definition) is 2. The second-order valence-corrected chi connectivity index (χ2v) is 7.65. The van der Waals surface area contributed by atoms with Crippen molar-refractivity contribution in [1.29, 1.82) is 0 Å². The molecule has 0 saturated carbocycles. The van der Waals surface area contributed by atoms with Crippen LogP contribution in [0.1, 0.15) is 17.8 Å². The quantitative estimate of drug-likeness (QED) is 0.696. The Morgan fingerprint density at radius 3 is 2.60 bits per heavy atom. The zero-order chi connectivity index (χ0) is 18.0. The first-order valence-corrected chi connectivity index (χ1v) is 9.54. The van der Waals surface area contributed by atoms with Gasteiger partial charge < -0.3 is 11.1 Å². The van der Waals surface area contributed by atoms with Gasteiger partial charge in [0.2, 0.25) is 9.84 Å². The van der Waals surface area contributed by atoms with Gasteiger partial charge in [-0.3, -0.25) is 0 Å². The van der Waals surface area contributed by atoms with Crippen molar-refractivity contribution in [2.45, 2.75) is 29.6 Å². The molecule has 2 heterocycles. The predicted molar refractivity (Wildman–Crippen MR) is 96.5 cm³/mol. The first kappa shape index (κ1) is 17.4. The van der Waals surface area contributed by atoms with E-state index in [-0.39, 0.29) is 15.6 Å². The molecule has 3 N–H and O–H groups in total. The summed E-state index contributed by atoms with van der Waals surface area (Å²) in [5.41, 5.74) is 7.58. The Kier molecular flexibility index (Phi) is 4.73. The van der Waals surface area contributed by atoms with Crippen LogP contribution in [0.2, 0.25) is 0 Å². The number of anilines is 1. The molecule has 0 amide bonds. The Balaban J connectivity index is 2.30. The van der Waals surface area contributed by atoms with E-state index in [0.29, 0.717) is 18.6 Å². The molecule has 7 nitrogen and oxygen atoms in total. The van der Waals surface area contributed by atoms with Crippen LogP contribution in [0.25, 0.3) is 5.65 Å². The average Bonchev–Trinajstić information content (AvgIpc) is 2.99. The van der Waals surface area contributed by atoms with Gasteiger partial charge >= 0.3 is 0 Å². The maximum absolute atomic E-state index is 13.2. The third-order valence-corrected chi connectivity index (χ3v) is 5.75. The number of hydrogen-bond acceptors (Lipinski definition) is 6. The standard InChI is InChI=1S/C17H21N5O2S/c1-12-11-13(7-6-10-18)22-17(20-12)15(16(19-2)21-22)25(23,24)14-8-4-3-5-9-14/h3-5,8-9,11H,6-7,10,18H2,1-2H3,(H,19,21). The molecular weight excluding hydrogens is 338 g/mol. The van der Waals surface area contributed by atoms with Crippen molar-refractivity contribution in [2.75, 3.05) is 18.9 Å². The number of aryl methyl sites for hydroxylation is 2. The highest BCUT2D eigenvalue weighted by Crippen LogP contribution is 2.31. The van der Waals surface area contributed by atoms with Crippen molar-refractivity contribution in [1.82, 2.24) is 14.6 Å². The second-order valence-electron chi connectivity index (χ2n) is 5.76. The maximum atomic E-state index is 13.2. The van der Waals surface area contributed by atoms with Crippen LogP contribution in [-0.4, -0.2) is 36.6 Å². The number of nitrogens with zero attached hydrogens (tertiary/aromatic N) is 3. The molecule has 0 fully saturated rings. The number of nitrogens with two attached hydrogens (primary N) is 1. The zero-order valence-corrected chi connectivity index (χ0v) is 15.0. The summed E-state index contributed by atoms with van der Waals surface area (Å²) in [7, 11) is -2.10. The van der Waals surface area contributed by atoms with Crippen molar-refractivity contribution >= 4 is 21.3 Å². The summed E-state index contributed by atoms with van der Waals surface area (Å²) in [6, 6.07) is 10.2. The van der Waals surface area contributed by atoms with Crippen molar-refractivity contribution in [2.24, 2.45) is 5.73 Å². The Bertz CT molecular complexity index is 997. The lowest BCUT2D eigenvalue weighted by molar-refractivity contribution is 0.597. The third kappa shape index (κ3) is 3.10. The van der Waals surface area contributed by atoms with Crippen LogP contribution in [0.15, 0.2) is 46.2 Å². The number of rotatable bonds is 6. The summed E-state index contributed by atoms with van der Waals surface area (Å²) < 4.78 is 27.9. The van der Waals surface area contributed by atoms with Crippen molar-refractivity contribution in [3.05, 3.63) is 47.8 Å². The number of nitrogens with one attached hydrogen (secondary N) is 1. The molecule has 2 aromatic heterocycles. The minimum Gasteiger partial charge on any atom is -0.370 e. The van der Waals surface area contributed by atoms with E-state index in [4.69, 9.17) is 5.73 Å². The number of aromatic nitrogens is 3. The summed E-state index contributed by atoms with van der Waals surface area (Å²) in [5.74, 6) is 0.288. The summed E-state index contributed by atoms with van der Waals surface area (Å²) >= 11 is 0. The smallest absolute Gasteiger partial charge is 0.214 e. The highest BCUT2D eigenvalue weighted by molar-refractivity contribution is 7.91. The molecule has 0 aliphatic carbocycles. The molecule has 25 heavy (non-hydrogen) atoms. The predicted octanol–water partition coefficient (Wildman–Crippen LogP) is 1.80. The van der Waals surface area contributed by atoms with E-state index in [1.54, 1.807) is 41.9 Å². The molecule has 0 bridgehead atoms. The van der Waals surface area contributed by atoms with Crippen LogP contribution in [0.3, 0.4) is 0 Å². The molecule has 0 atom stereocenters. The van der Waals surface area contributed by atoms with E-state index < -0.39 is 9.84 Å². The van der Waals surface area contributed by atoms with Crippen LogP contribution < -0.4 is 11.1 Å². The van der Waals surface area contributed by atoms with Crippen molar-refractivity contribution in [3.63, 3.8) is 0 Å². The van der Waals surface area contributed by atoms with E-state index in [1.807, 2.05) is 13.0 Å². The SMILES string of the molecule is CNc1nn2c(CCCN)cc(C)nc2c1S(=O)(=O)c1ccccc1. The van der Waals surface area contributed by atoms with E-state index in [9.17, 15) is 8.42 Å². The normalized spacial score (nSPS) is 11.8. The van der Waals surface area contributed by atoms with Gasteiger partial charge in [0.05, 0.1) is 4.90 Å². The van der Waals surface area contributed by atoms with Gasteiger partial charge in [0.15, 0.2) is 16.4 Å². The highest BCUT2D eigenvalue weighted by atomic mass is 32.2. The molecule has 0 spiro atoms. The second kappa shape index (κ2) is 6.81. The topological polar surface area (TPSA) is 102 Å². The van der Waals surface area contributed by atoms with Crippen LogP contribution >= 0.6 is 0 Å². The van der Waals surface area contributed by atoms with Gasteiger partial charge in [-0.2, -0.15) is 0 Å². The van der Waals surface area contributed by atoms with Gasteiger partial charge in [0, 0.05) is 18.4 Å². The fourth-order valence-electron chi connectivity index (χ4n) is 2.78. The summed E-state index contributed by atoms with van der Waals surface area (Å²) in [5, 5.41) is 7.33. The Hall–Kier alpha value is -2.45. The Morgan fingerprint density at radius 1 is 1.24 bits per heavy atom. The fraction of sp³-hybridized carbons (Fsp3) is 0.294. The van der Waals surface area contributed by atoms with Gasteiger partial charge in [0.25, 0.3) is 0 Å². The minimum atomic E-state index is -3.75. The molecule has 3 aromatic rings. The maximum Gasteiger partial charge on any atom is 0.214 e. The van der Waals surface area contributed by atoms with E-state index in [2.05, 4.69) is 15.4 Å². The third-order valence-electron chi connectivity index (χ3n) is 3.94.